The van der Waals surface area contributed by atoms with Crippen molar-refractivity contribution in [3.8, 4) is 5.88 Å². The van der Waals surface area contributed by atoms with Crippen LogP contribution in [0.4, 0.5) is 0 Å². The summed E-state index contributed by atoms with van der Waals surface area (Å²) in [6, 6.07) is 7.15. The van der Waals surface area contributed by atoms with Crippen molar-refractivity contribution in [1.82, 2.24) is 4.98 Å². The summed E-state index contributed by atoms with van der Waals surface area (Å²) < 4.78 is 11.2. The van der Waals surface area contributed by atoms with E-state index in [9.17, 15) is 4.79 Å². The Balaban J connectivity index is 1.80. The van der Waals surface area contributed by atoms with Gasteiger partial charge in [0.15, 0.2) is 0 Å². The van der Waals surface area contributed by atoms with Crippen LogP contribution in [0, 0.1) is 5.92 Å². The minimum atomic E-state index is -0.432. The van der Waals surface area contributed by atoms with E-state index in [0.717, 1.165) is 36.8 Å². The fourth-order valence-electron chi connectivity index (χ4n) is 2.53. The van der Waals surface area contributed by atoms with Crippen LogP contribution in [-0.4, -0.2) is 30.7 Å². The van der Waals surface area contributed by atoms with Crippen LogP contribution in [0.25, 0.3) is 10.8 Å². The number of nitrogens with zero attached hydrogens (tertiary/aromatic N) is 1. The number of carbonyl (C=O) groups excluding carboxylic acids is 1. The molecule has 0 aliphatic carbocycles. The second-order valence-corrected chi connectivity index (χ2v) is 5.28. The van der Waals surface area contributed by atoms with Crippen LogP contribution in [0.5, 0.6) is 5.88 Å². The predicted molar refractivity (Wildman–Crippen MR) is 79.3 cm³/mol. The van der Waals surface area contributed by atoms with Gasteiger partial charge in [0.25, 0.3) is 0 Å². The molecule has 0 radical (unpaired) electrons. The Kier molecular flexibility index (Phi) is 4.01. The van der Waals surface area contributed by atoms with Crippen molar-refractivity contribution >= 4 is 16.7 Å². The largest absolute Gasteiger partial charge is 0.477 e. The van der Waals surface area contributed by atoms with E-state index in [1.54, 1.807) is 18.3 Å². The van der Waals surface area contributed by atoms with Gasteiger partial charge in [-0.15, -0.1) is 0 Å². The van der Waals surface area contributed by atoms with Gasteiger partial charge >= 0.3 is 0 Å². The smallest absolute Gasteiger partial charge is 0.248 e. The van der Waals surface area contributed by atoms with Crippen LogP contribution >= 0.6 is 0 Å². The van der Waals surface area contributed by atoms with Crippen molar-refractivity contribution in [2.45, 2.75) is 12.8 Å². The summed E-state index contributed by atoms with van der Waals surface area (Å²) in [6.07, 6.45) is 3.74. The number of hydrogen-bond donors (Lipinski definition) is 1. The van der Waals surface area contributed by atoms with Gasteiger partial charge in [-0.25, -0.2) is 4.98 Å². The minimum absolute atomic E-state index is 0.432. The summed E-state index contributed by atoms with van der Waals surface area (Å²) in [7, 11) is 0. The third kappa shape index (κ3) is 3.13. The van der Waals surface area contributed by atoms with Gasteiger partial charge in [-0.1, -0.05) is 0 Å². The highest BCUT2D eigenvalue weighted by molar-refractivity contribution is 5.98. The van der Waals surface area contributed by atoms with E-state index < -0.39 is 5.91 Å². The third-order valence-electron chi connectivity index (χ3n) is 3.81. The Labute approximate surface area is 123 Å². The third-order valence-corrected chi connectivity index (χ3v) is 3.81. The number of fused-ring (bicyclic) bond motifs is 1. The molecule has 1 saturated heterocycles. The number of hydrogen-bond acceptors (Lipinski definition) is 4. The summed E-state index contributed by atoms with van der Waals surface area (Å²) >= 11 is 0. The Morgan fingerprint density at radius 1 is 1.33 bits per heavy atom. The van der Waals surface area contributed by atoms with E-state index in [2.05, 4.69) is 4.98 Å². The number of ether oxygens (including phenoxy) is 2. The van der Waals surface area contributed by atoms with E-state index >= 15 is 0 Å². The summed E-state index contributed by atoms with van der Waals surface area (Å²) in [4.78, 5) is 15.5. The molecule has 1 amide bonds. The first-order valence-electron chi connectivity index (χ1n) is 7.13. The summed E-state index contributed by atoms with van der Waals surface area (Å²) in [5, 5.41) is 1.80. The molecule has 0 bridgehead atoms. The molecule has 1 aromatic heterocycles. The molecule has 3 rings (SSSR count). The van der Waals surface area contributed by atoms with Gasteiger partial charge in [-0.2, -0.15) is 0 Å². The summed E-state index contributed by atoms with van der Waals surface area (Å²) in [6.45, 7) is 2.25. The standard InChI is InChI=1S/C16H18N2O3/c17-15(19)13-1-2-14-12(9-13)3-6-18-16(14)21-10-11-4-7-20-8-5-11/h1-3,6,9,11H,4-5,7-8,10H2,(H2,17,19). The zero-order valence-electron chi connectivity index (χ0n) is 11.7. The average Bonchev–Trinajstić information content (AvgIpc) is 2.53. The van der Waals surface area contributed by atoms with Crippen molar-refractivity contribution in [3.63, 3.8) is 0 Å². The molecule has 110 valence electrons. The number of primary amides is 1. The fraction of sp³-hybridized carbons (Fsp3) is 0.375. The first kappa shape index (κ1) is 13.8. The lowest BCUT2D eigenvalue weighted by Gasteiger charge is -2.22. The van der Waals surface area contributed by atoms with Gasteiger partial charge in [-0.05, 0) is 48.4 Å². The van der Waals surface area contributed by atoms with E-state index in [0.29, 0.717) is 24.0 Å². The van der Waals surface area contributed by atoms with Crippen LogP contribution in [0.1, 0.15) is 23.2 Å². The van der Waals surface area contributed by atoms with Crippen molar-refractivity contribution in [2.75, 3.05) is 19.8 Å². The highest BCUT2D eigenvalue weighted by atomic mass is 16.5. The van der Waals surface area contributed by atoms with Crippen LogP contribution in [0.2, 0.25) is 0 Å². The normalized spacial score (nSPS) is 16.0. The SMILES string of the molecule is NC(=O)c1ccc2c(OCC3CCOCC3)nccc2c1. The van der Waals surface area contributed by atoms with Crippen molar-refractivity contribution in [3.05, 3.63) is 36.0 Å². The molecule has 1 aliphatic rings. The molecule has 0 spiro atoms. The molecule has 2 N–H and O–H groups in total. The molecule has 21 heavy (non-hydrogen) atoms. The fourth-order valence-corrected chi connectivity index (χ4v) is 2.53. The molecule has 5 nitrogen and oxygen atoms in total. The molecule has 0 unspecified atom stereocenters. The Morgan fingerprint density at radius 2 is 2.14 bits per heavy atom. The maximum atomic E-state index is 11.2. The molecule has 1 fully saturated rings. The number of nitrogens with two attached hydrogens (primary N) is 1. The molecule has 2 aromatic rings. The molecule has 2 heterocycles. The van der Waals surface area contributed by atoms with E-state index in [4.69, 9.17) is 15.2 Å². The van der Waals surface area contributed by atoms with Gasteiger partial charge in [0.2, 0.25) is 11.8 Å². The Hall–Kier alpha value is -2.14. The minimum Gasteiger partial charge on any atom is -0.477 e. The number of amides is 1. The predicted octanol–water partition coefficient (Wildman–Crippen LogP) is 2.14. The van der Waals surface area contributed by atoms with Gasteiger partial charge < -0.3 is 15.2 Å². The molecule has 0 atom stereocenters. The summed E-state index contributed by atoms with van der Waals surface area (Å²) in [5.74, 6) is 0.689. The second-order valence-electron chi connectivity index (χ2n) is 5.28. The molecule has 5 heteroatoms. The number of rotatable bonds is 4. The topological polar surface area (TPSA) is 74.4 Å². The highest BCUT2D eigenvalue weighted by Gasteiger charge is 2.15. The van der Waals surface area contributed by atoms with Crippen LogP contribution < -0.4 is 10.5 Å². The van der Waals surface area contributed by atoms with E-state index in [1.165, 1.54) is 0 Å². The van der Waals surface area contributed by atoms with E-state index in [1.807, 2.05) is 12.1 Å². The monoisotopic (exact) mass is 286 g/mol. The zero-order chi connectivity index (χ0) is 14.7. The lowest BCUT2D eigenvalue weighted by molar-refractivity contribution is 0.0493. The van der Waals surface area contributed by atoms with Crippen LogP contribution in [0.3, 0.4) is 0 Å². The Morgan fingerprint density at radius 3 is 2.90 bits per heavy atom. The van der Waals surface area contributed by atoms with Gasteiger partial charge in [0.05, 0.1) is 6.61 Å². The van der Waals surface area contributed by atoms with Crippen LogP contribution in [0.15, 0.2) is 30.5 Å². The Bertz CT molecular complexity index is 651. The van der Waals surface area contributed by atoms with Crippen molar-refractivity contribution in [1.29, 1.82) is 0 Å². The molecular weight excluding hydrogens is 268 g/mol. The first-order chi connectivity index (χ1) is 10.2. The quantitative estimate of drug-likeness (QED) is 0.934. The lowest BCUT2D eigenvalue weighted by atomic mass is 10.0. The van der Waals surface area contributed by atoms with E-state index in [-0.39, 0.29) is 0 Å². The summed E-state index contributed by atoms with van der Waals surface area (Å²) in [5.41, 5.74) is 5.79. The second kappa shape index (κ2) is 6.10. The van der Waals surface area contributed by atoms with Gasteiger partial charge in [0.1, 0.15) is 0 Å². The highest BCUT2D eigenvalue weighted by Crippen LogP contribution is 2.25. The molecule has 1 aromatic carbocycles. The van der Waals surface area contributed by atoms with Crippen molar-refractivity contribution in [2.24, 2.45) is 11.7 Å². The maximum Gasteiger partial charge on any atom is 0.248 e. The number of aromatic nitrogens is 1. The number of benzene rings is 1. The van der Waals surface area contributed by atoms with Crippen molar-refractivity contribution < 1.29 is 14.3 Å². The number of carbonyl (C=O) groups is 1. The average molecular weight is 286 g/mol. The molecular formula is C16H18N2O3. The maximum absolute atomic E-state index is 11.2. The molecule has 1 aliphatic heterocycles. The van der Waals surface area contributed by atoms with Gasteiger partial charge in [-0.3, -0.25) is 4.79 Å². The van der Waals surface area contributed by atoms with Gasteiger partial charge in [0, 0.05) is 30.4 Å². The lowest BCUT2D eigenvalue weighted by Crippen LogP contribution is -2.21. The zero-order valence-corrected chi connectivity index (χ0v) is 11.7. The first-order valence-corrected chi connectivity index (χ1v) is 7.13. The molecule has 0 saturated carbocycles. The number of pyridine rings is 1. The van der Waals surface area contributed by atoms with Crippen LogP contribution in [-0.2, 0) is 4.74 Å².